The van der Waals surface area contributed by atoms with Crippen molar-refractivity contribution in [3.63, 3.8) is 0 Å². The summed E-state index contributed by atoms with van der Waals surface area (Å²) >= 11 is 0. The van der Waals surface area contributed by atoms with Crippen LogP contribution in [0.25, 0.3) is 0 Å². The van der Waals surface area contributed by atoms with Gasteiger partial charge in [0.25, 0.3) is 0 Å². The van der Waals surface area contributed by atoms with E-state index < -0.39 is 11.1 Å². The fourth-order valence-corrected chi connectivity index (χ4v) is 1.93. The molecule has 2 N–H and O–H groups in total. The third-order valence-corrected chi connectivity index (χ3v) is 3.15. The van der Waals surface area contributed by atoms with Gasteiger partial charge in [0.15, 0.2) is 5.67 Å². The fourth-order valence-electron chi connectivity index (χ4n) is 1.93. The van der Waals surface area contributed by atoms with E-state index in [0.29, 0.717) is 5.56 Å². The second kappa shape index (κ2) is 5.27. The Labute approximate surface area is 109 Å². The molecule has 1 unspecified atom stereocenters. The van der Waals surface area contributed by atoms with Crippen LogP contribution in [0.1, 0.15) is 40.2 Å². The van der Waals surface area contributed by atoms with Crippen molar-refractivity contribution in [1.29, 1.82) is 0 Å². The Kier molecular flexibility index (Phi) is 4.38. The third kappa shape index (κ3) is 3.02. The van der Waals surface area contributed by atoms with Crippen molar-refractivity contribution in [3.05, 3.63) is 29.8 Å². The van der Waals surface area contributed by atoms with E-state index in [-0.39, 0.29) is 12.6 Å². The summed E-state index contributed by atoms with van der Waals surface area (Å²) in [6.07, 6.45) is 0.114. The van der Waals surface area contributed by atoms with Crippen molar-refractivity contribution in [2.75, 3.05) is 6.54 Å². The number of benzene rings is 1. The van der Waals surface area contributed by atoms with Gasteiger partial charge < -0.3 is 10.5 Å². The molecule has 1 atom stereocenters. The maximum Gasteiger partial charge on any atom is 0.152 e. The summed E-state index contributed by atoms with van der Waals surface area (Å²) in [6, 6.07) is 7.11. The number of hydrogen-bond acceptors (Lipinski definition) is 2. The molecule has 1 aromatic rings. The van der Waals surface area contributed by atoms with Gasteiger partial charge in [-0.25, -0.2) is 4.39 Å². The SMILES string of the molecule is CC(C)Oc1ccc(C(F)(CN)C(C)(C)C)cc1. The average molecular weight is 253 g/mol. The van der Waals surface area contributed by atoms with Crippen LogP contribution in [0.2, 0.25) is 0 Å². The highest BCUT2D eigenvalue weighted by Crippen LogP contribution is 2.42. The number of rotatable bonds is 4. The van der Waals surface area contributed by atoms with Crippen LogP contribution < -0.4 is 10.5 Å². The molecular formula is C15H24FNO. The molecule has 0 heterocycles. The molecule has 0 bridgehead atoms. The Balaban J connectivity index is 3.03. The van der Waals surface area contributed by atoms with Crippen LogP contribution in [-0.2, 0) is 5.67 Å². The summed E-state index contributed by atoms with van der Waals surface area (Å²) in [4.78, 5) is 0. The minimum Gasteiger partial charge on any atom is -0.491 e. The minimum absolute atomic E-state index is 0.0269. The molecule has 0 aromatic heterocycles. The zero-order chi connectivity index (χ0) is 14.0. The highest BCUT2D eigenvalue weighted by molar-refractivity contribution is 5.32. The van der Waals surface area contributed by atoms with Gasteiger partial charge in [0, 0.05) is 12.0 Å². The van der Waals surface area contributed by atoms with Crippen molar-refractivity contribution >= 4 is 0 Å². The topological polar surface area (TPSA) is 35.2 Å². The van der Waals surface area contributed by atoms with E-state index in [0.717, 1.165) is 5.75 Å². The van der Waals surface area contributed by atoms with Gasteiger partial charge in [-0.2, -0.15) is 0 Å². The number of ether oxygens (including phenoxy) is 1. The van der Waals surface area contributed by atoms with Gasteiger partial charge in [-0.3, -0.25) is 0 Å². The second-order valence-electron chi connectivity index (χ2n) is 5.95. The van der Waals surface area contributed by atoms with Crippen molar-refractivity contribution in [1.82, 2.24) is 0 Å². The zero-order valence-corrected chi connectivity index (χ0v) is 12.0. The van der Waals surface area contributed by atoms with E-state index >= 15 is 0 Å². The van der Waals surface area contributed by atoms with Crippen LogP contribution >= 0.6 is 0 Å². The smallest absolute Gasteiger partial charge is 0.152 e. The van der Waals surface area contributed by atoms with Gasteiger partial charge in [-0.15, -0.1) is 0 Å². The van der Waals surface area contributed by atoms with E-state index in [2.05, 4.69) is 0 Å². The standard InChI is InChI=1S/C15H24FNO/c1-11(2)18-13-8-6-12(7-9-13)15(16,10-17)14(3,4)5/h6-9,11H,10,17H2,1-5H3. The molecular weight excluding hydrogens is 229 g/mol. The Hall–Kier alpha value is -1.09. The Morgan fingerprint density at radius 2 is 1.67 bits per heavy atom. The lowest BCUT2D eigenvalue weighted by atomic mass is 9.73. The van der Waals surface area contributed by atoms with Crippen molar-refractivity contribution in [2.45, 2.75) is 46.4 Å². The van der Waals surface area contributed by atoms with Crippen LogP contribution in [0.15, 0.2) is 24.3 Å². The lowest BCUT2D eigenvalue weighted by Crippen LogP contribution is -2.42. The molecule has 18 heavy (non-hydrogen) atoms. The first-order valence-electron chi connectivity index (χ1n) is 6.37. The van der Waals surface area contributed by atoms with Gasteiger partial charge in [0.2, 0.25) is 0 Å². The summed E-state index contributed by atoms with van der Waals surface area (Å²) in [5.74, 6) is 0.752. The van der Waals surface area contributed by atoms with E-state index in [9.17, 15) is 4.39 Å². The van der Waals surface area contributed by atoms with Gasteiger partial charge in [0.05, 0.1) is 6.10 Å². The van der Waals surface area contributed by atoms with Gasteiger partial charge in [-0.1, -0.05) is 32.9 Å². The van der Waals surface area contributed by atoms with Crippen LogP contribution in [0.4, 0.5) is 4.39 Å². The predicted molar refractivity (Wildman–Crippen MR) is 73.5 cm³/mol. The molecule has 0 saturated heterocycles. The molecule has 3 heteroatoms. The third-order valence-electron chi connectivity index (χ3n) is 3.15. The Bertz CT molecular complexity index is 380. The van der Waals surface area contributed by atoms with Crippen LogP contribution in [-0.4, -0.2) is 12.6 Å². The fraction of sp³-hybridized carbons (Fsp3) is 0.600. The second-order valence-corrected chi connectivity index (χ2v) is 5.95. The number of alkyl halides is 1. The van der Waals surface area contributed by atoms with Crippen molar-refractivity contribution in [2.24, 2.45) is 11.1 Å². The largest absolute Gasteiger partial charge is 0.491 e. The summed E-state index contributed by atoms with van der Waals surface area (Å²) < 4.78 is 20.5. The lowest BCUT2D eigenvalue weighted by molar-refractivity contribution is 0.0342. The molecule has 0 aliphatic rings. The summed E-state index contributed by atoms with van der Waals surface area (Å²) in [5, 5.41) is 0. The van der Waals surface area contributed by atoms with Gasteiger partial charge in [-0.05, 0) is 31.5 Å². The van der Waals surface area contributed by atoms with E-state index in [1.165, 1.54) is 0 Å². The number of halogens is 1. The highest BCUT2D eigenvalue weighted by Gasteiger charge is 2.42. The maximum absolute atomic E-state index is 15.0. The molecule has 0 spiro atoms. The molecule has 0 saturated carbocycles. The van der Waals surface area contributed by atoms with E-state index in [1.807, 2.05) is 34.6 Å². The van der Waals surface area contributed by atoms with Crippen LogP contribution in [0.3, 0.4) is 0 Å². The summed E-state index contributed by atoms with van der Waals surface area (Å²) in [7, 11) is 0. The average Bonchev–Trinajstić information content (AvgIpc) is 2.26. The first-order chi connectivity index (χ1) is 8.20. The zero-order valence-electron chi connectivity index (χ0n) is 12.0. The Morgan fingerprint density at radius 3 is 2.00 bits per heavy atom. The number of nitrogens with two attached hydrogens (primary N) is 1. The molecule has 0 amide bonds. The molecule has 0 radical (unpaired) electrons. The van der Waals surface area contributed by atoms with E-state index in [1.54, 1.807) is 24.3 Å². The van der Waals surface area contributed by atoms with Crippen LogP contribution in [0, 0.1) is 5.41 Å². The Morgan fingerprint density at radius 1 is 1.17 bits per heavy atom. The molecule has 0 aliphatic heterocycles. The van der Waals surface area contributed by atoms with Crippen molar-refractivity contribution < 1.29 is 9.13 Å². The van der Waals surface area contributed by atoms with Crippen LogP contribution in [0.5, 0.6) is 5.75 Å². The van der Waals surface area contributed by atoms with Gasteiger partial charge >= 0.3 is 0 Å². The molecule has 102 valence electrons. The molecule has 2 nitrogen and oxygen atoms in total. The number of hydrogen-bond donors (Lipinski definition) is 1. The summed E-state index contributed by atoms with van der Waals surface area (Å²) in [5.41, 5.74) is 4.18. The predicted octanol–water partition coefficient (Wildman–Crippen LogP) is 3.64. The van der Waals surface area contributed by atoms with Gasteiger partial charge in [0.1, 0.15) is 5.75 Å². The first kappa shape index (κ1) is 15.0. The molecule has 0 aliphatic carbocycles. The quantitative estimate of drug-likeness (QED) is 0.889. The first-order valence-corrected chi connectivity index (χ1v) is 6.37. The molecule has 1 aromatic carbocycles. The summed E-state index contributed by atoms with van der Waals surface area (Å²) in [6.45, 7) is 9.47. The lowest BCUT2D eigenvalue weighted by Gasteiger charge is -2.37. The normalized spacial score (nSPS) is 15.6. The molecule has 0 fully saturated rings. The maximum atomic E-state index is 15.0. The minimum atomic E-state index is -1.52. The molecule has 1 rings (SSSR count). The highest BCUT2D eigenvalue weighted by atomic mass is 19.1. The van der Waals surface area contributed by atoms with E-state index in [4.69, 9.17) is 10.5 Å². The van der Waals surface area contributed by atoms with Crippen molar-refractivity contribution in [3.8, 4) is 5.75 Å². The monoisotopic (exact) mass is 253 g/mol.